The number of hydrogen-bond acceptors (Lipinski definition) is 1. The fraction of sp³-hybridized carbons (Fsp3) is 0.364. The molecule has 1 aliphatic carbocycles. The molecule has 1 aliphatic rings. The van der Waals surface area contributed by atoms with Crippen molar-refractivity contribution >= 4 is 29.0 Å². The molecule has 1 aromatic carbocycles. The second kappa shape index (κ2) is 3.56. The van der Waals surface area contributed by atoms with Crippen molar-refractivity contribution in [1.82, 2.24) is 0 Å². The molecule has 74 valence electrons. The van der Waals surface area contributed by atoms with Crippen LogP contribution in [0.25, 0.3) is 0 Å². The Morgan fingerprint density at radius 2 is 1.86 bits per heavy atom. The molecule has 0 amide bonds. The average molecular weight is 229 g/mol. The highest BCUT2D eigenvalue weighted by Crippen LogP contribution is 2.48. The summed E-state index contributed by atoms with van der Waals surface area (Å²) in [5.41, 5.74) is 1.09. The van der Waals surface area contributed by atoms with Crippen LogP contribution < -0.4 is 0 Å². The summed E-state index contributed by atoms with van der Waals surface area (Å²) in [5.74, 6) is 0.777. The molecule has 0 unspecified atom stereocenters. The molecule has 3 heteroatoms. The van der Waals surface area contributed by atoms with E-state index >= 15 is 0 Å². The minimum absolute atomic E-state index is 0.185. The molecule has 0 radical (unpaired) electrons. The summed E-state index contributed by atoms with van der Waals surface area (Å²) < 4.78 is 0. The molecular formula is C11H10Cl2O. The first-order valence-corrected chi connectivity index (χ1v) is 5.30. The maximum Gasteiger partial charge on any atom is 0.133 e. The van der Waals surface area contributed by atoms with E-state index in [2.05, 4.69) is 0 Å². The third-order valence-electron chi connectivity index (χ3n) is 2.63. The molecule has 0 bridgehead atoms. The van der Waals surface area contributed by atoms with Gasteiger partial charge in [0.2, 0.25) is 0 Å². The Morgan fingerprint density at radius 1 is 1.29 bits per heavy atom. The van der Waals surface area contributed by atoms with Crippen molar-refractivity contribution in [2.75, 3.05) is 0 Å². The summed E-state index contributed by atoms with van der Waals surface area (Å²) >= 11 is 11.8. The van der Waals surface area contributed by atoms with Gasteiger partial charge in [0.1, 0.15) is 5.78 Å². The predicted octanol–water partition coefficient (Wildman–Crippen LogP) is 3.69. The Balaban J connectivity index is 2.23. The first-order chi connectivity index (χ1) is 6.58. The van der Waals surface area contributed by atoms with E-state index in [-0.39, 0.29) is 11.7 Å². The first-order valence-electron chi connectivity index (χ1n) is 4.54. The summed E-state index contributed by atoms with van der Waals surface area (Å²) in [7, 11) is 0. The largest absolute Gasteiger partial charge is 0.300 e. The average Bonchev–Trinajstić information content (AvgIpc) is 2.79. The van der Waals surface area contributed by atoms with E-state index < -0.39 is 0 Å². The van der Waals surface area contributed by atoms with E-state index in [0.29, 0.717) is 16.0 Å². The maximum absolute atomic E-state index is 11.1. The van der Waals surface area contributed by atoms with Gasteiger partial charge in [-0.15, -0.1) is 0 Å². The van der Waals surface area contributed by atoms with E-state index in [4.69, 9.17) is 23.2 Å². The van der Waals surface area contributed by atoms with Gasteiger partial charge >= 0.3 is 0 Å². The number of Topliss-reactive ketones (excluding diaryl/α,β-unsaturated/α-hetero) is 1. The standard InChI is InChI=1S/C11H10Cl2O/c1-6(14)10-5-11(10)7-2-8(12)4-9(13)3-7/h2-4,10-11H,5H2,1H3/t10-,11-/m0/s1. The van der Waals surface area contributed by atoms with Gasteiger partial charge in [-0.1, -0.05) is 23.2 Å². The highest BCUT2D eigenvalue weighted by atomic mass is 35.5. The fourth-order valence-corrected chi connectivity index (χ4v) is 2.34. The van der Waals surface area contributed by atoms with Crippen molar-refractivity contribution in [3.05, 3.63) is 33.8 Å². The number of halogens is 2. The molecule has 0 heterocycles. The zero-order chi connectivity index (χ0) is 10.3. The van der Waals surface area contributed by atoms with Gasteiger partial charge in [0.15, 0.2) is 0 Å². The van der Waals surface area contributed by atoms with Gasteiger partial charge in [-0.2, -0.15) is 0 Å². The molecule has 14 heavy (non-hydrogen) atoms. The van der Waals surface area contributed by atoms with Gasteiger partial charge in [-0.25, -0.2) is 0 Å². The van der Waals surface area contributed by atoms with E-state index in [9.17, 15) is 4.79 Å². The van der Waals surface area contributed by atoms with E-state index in [1.54, 1.807) is 13.0 Å². The lowest BCUT2D eigenvalue weighted by Crippen LogP contribution is -1.94. The van der Waals surface area contributed by atoms with Crippen molar-refractivity contribution in [3.8, 4) is 0 Å². The molecule has 2 atom stereocenters. The Kier molecular flexibility index (Phi) is 2.54. The molecule has 0 spiro atoms. The Labute approximate surface area is 93.0 Å². The molecule has 0 N–H and O–H groups in total. The van der Waals surface area contributed by atoms with Crippen LogP contribution in [0.4, 0.5) is 0 Å². The lowest BCUT2D eigenvalue weighted by molar-refractivity contribution is -0.118. The monoisotopic (exact) mass is 228 g/mol. The molecule has 0 aromatic heterocycles. The second-order valence-electron chi connectivity index (χ2n) is 3.76. The number of carbonyl (C=O) groups is 1. The summed E-state index contributed by atoms with van der Waals surface area (Å²) in [6, 6.07) is 5.49. The van der Waals surface area contributed by atoms with Gasteiger partial charge in [0.05, 0.1) is 0 Å². The van der Waals surface area contributed by atoms with E-state index in [1.807, 2.05) is 12.1 Å². The second-order valence-corrected chi connectivity index (χ2v) is 4.63. The summed E-state index contributed by atoms with van der Waals surface area (Å²) in [4.78, 5) is 11.1. The van der Waals surface area contributed by atoms with Crippen LogP contribution >= 0.6 is 23.2 Å². The molecule has 1 saturated carbocycles. The van der Waals surface area contributed by atoms with Crippen LogP contribution in [-0.2, 0) is 4.79 Å². The van der Waals surface area contributed by atoms with Crippen molar-refractivity contribution in [1.29, 1.82) is 0 Å². The number of rotatable bonds is 2. The Hall–Kier alpha value is -0.530. The number of ketones is 1. The zero-order valence-corrected chi connectivity index (χ0v) is 9.27. The van der Waals surface area contributed by atoms with Crippen LogP contribution in [0.2, 0.25) is 10.0 Å². The van der Waals surface area contributed by atoms with Gasteiger partial charge in [0, 0.05) is 16.0 Å². The first kappa shape index (κ1) is 10.0. The third kappa shape index (κ3) is 1.94. The van der Waals surface area contributed by atoms with Crippen LogP contribution in [0.15, 0.2) is 18.2 Å². The highest BCUT2D eigenvalue weighted by molar-refractivity contribution is 6.34. The smallest absolute Gasteiger partial charge is 0.133 e. The molecular weight excluding hydrogens is 219 g/mol. The summed E-state index contributed by atoms with van der Waals surface area (Å²) in [6.45, 7) is 1.64. The normalized spacial score (nSPS) is 24.8. The van der Waals surface area contributed by atoms with Crippen molar-refractivity contribution in [2.45, 2.75) is 19.3 Å². The quantitative estimate of drug-likeness (QED) is 0.755. The highest BCUT2D eigenvalue weighted by Gasteiger charge is 2.41. The SMILES string of the molecule is CC(=O)[C@@H]1C[C@H]1c1cc(Cl)cc(Cl)c1. The number of carbonyl (C=O) groups excluding carboxylic acids is 1. The molecule has 2 rings (SSSR count). The van der Waals surface area contributed by atoms with Crippen molar-refractivity contribution in [2.24, 2.45) is 5.92 Å². The van der Waals surface area contributed by atoms with Crippen LogP contribution in [0.3, 0.4) is 0 Å². The van der Waals surface area contributed by atoms with E-state index in [1.165, 1.54) is 0 Å². The number of benzene rings is 1. The molecule has 1 nitrogen and oxygen atoms in total. The maximum atomic E-state index is 11.1. The topological polar surface area (TPSA) is 17.1 Å². The van der Waals surface area contributed by atoms with Crippen LogP contribution in [0.5, 0.6) is 0 Å². The van der Waals surface area contributed by atoms with Crippen LogP contribution in [0, 0.1) is 5.92 Å². The Morgan fingerprint density at radius 3 is 2.29 bits per heavy atom. The van der Waals surface area contributed by atoms with Crippen molar-refractivity contribution in [3.63, 3.8) is 0 Å². The lowest BCUT2D eigenvalue weighted by atomic mass is 10.1. The number of hydrogen-bond donors (Lipinski definition) is 0. The minimum atomic E-state index is 0.185. The van der Waals surface area contributed by atoms with Gasteiger partial charge in [-0.05, 0) is 43.0 Å². The summed E-state index contributed by atoms with van der Waals surface area (Å²) in [6.07, 6.45) is 0.937. The molecule has 0 aliphatic heterocycles. The van der Waals surface area contributed by atoms with E-state index in [0.717, 1.165) is 12.0 Å². The van der Waals surface area contributed by atoms with Crippen LogP contribution in [0.1, 0.15) is 24.8 Å². The van der Waals surface area contributed by atoms with Crippen molar-refractivity contribution < 1.29 is 4.79 Å². The van der Waals surface area contributed by atoms with Crippen LogP contribution in [-0.4, -0.2) is 5.78 Å². The molecule has 1 aromatic rings. The predicted molar refractivity (Wildman–Crippen MR) is 58.0 cm³/mol. The third-order valence-corrected chi connectivity index (χ3v) is 3.06. The Bertz CT molecular complexity index is 367. The summed E-state index contributed by atoms with van der Waals surface area (Å²) in [5, 5.41) is 1.28. The van der Waals surface area contributed by atoms with Gasteiger partial charge in [0.25, 0.3) is 0 Å². The fourth-order valence-electron chi connectivity index (χ4n) is 1.80. The zero-order valence-electron chi connectivity index (χ0n) is 7.76. The molecule has 0 saturated heterocycles. The van der Waals surface area contributed by atoms with Gasteiger partial charge < -0.3 is 0 Å². The molecule has 1 fully saturated rings. The van der Waals surface area contributed by atoms with Gasteiger partial charge in [-0.3, -0.25) is 4.79 Å². The lowest BCUT2D eigenvalue weighted by Gasteiger charge is -2.01. The minimum Gasteiger partial charge on any atom is -0.300 e.